The second-order valence-electron chi connectivity index (χ2n) is 1.62. The minimum Gasteiger partial charge on any atom is -0.247 e. The van der Waals surface area contributed by atoms with Crippen LogP contribution in [0, 0.1) is 6.92 Å². The van der Waals surface area contributed by atoms with Crippen molar-refractivity contribution >= 4 is 0 Å². The normalized spacial score (nSPS) is 10.8. The maximum atomic E-state index is 11.3. The van der Waals surface area contributed by atoms with Crippen LogP contribution in [-0.4, -0.2) is 6.67 Å². The van der Waals surface area contributed by atoms with E-state index in [1.54, 1.807) is 0 Å². The van der Waals surface area contributed by atoms with Crippen molar-refractivity contribution in [3.05, 3.63) is 19.1 Å². The van der Waals surface area contributed by atoms with Crippen molar-refractivity contribution in [2.24, 2.45) is 0 Å². The van der Waals surface area contributed by atoms with Gasteiger partial charge in [0.05, 0.1) is 0 Å². The van der Waals surface area contributed by atoms with Gasteiger partial charge in [0.2, 0.25) is 0 Å². The van der Waals surface area contributed by atoms with Crippen LogP contribution in [0.25, 0.3) is 0 Å². The number of hydrogen-bond acceptors (Lipinski definition) is 0. The Balaban J connectivity index is 2.80. The minimum absolute atomic E-state index is 0.336. The summed E-state index contributed by atoms with van der Waals surface area (Å²) in [5.74, 6) is 0. The SMILES string of the molecule is [CH2]CCC/C=C/CF. The van der Waals surface area contributed by atoms with Crippen LogP contribution in [0.15, 0.2) is 12.2 Å². The number of alkyl halides is 1. The molecule has 0 spiro atoms. The van der Waals surface area contributed by atoms with Crippen LogP contribution in [0.3, 0.4) is 0 Å². The molecular formula is C7H12F. The Morgan fingerprint density at radius 3 is 2.62 bits per heavy atom. The van der Waals surface area contributed by atoms with Crippen molar-refractivity contribution in [3.8, 4) is 0 Å². The van der Waals surface area contributed by atoms with Crippen LogP contribution in [0.1, 0.15) is 19.3 Å². The number of unbranched alkanes of at least 4 members (excludes halogenated alkanes) is 2. The van der Waals surface area contributed by atoms with Gasteiger partial charge in [0, 0.05) is 0 Å². The molecule has 0 saturated carbocycles. The maximum absolute atomic E-state index is 11.3. The molecule has 0 aromatic heterocycles. The lowest BCUT2D eigenvalue weighted by atomic mass is 10.2. The fourth-order valence-corrected chi connectivity index (χ4v) is 0.443. The number of allylic oxidation sites excluding steroid dienone is 2. The molecule has 0 rings (SSSR count). The fraction of sp³-hybridized carbons (Fsp3) is 0.571. The molecule has 8 heavy (non-hydrogen) atoms. The summed E-state index contributed by atoms with van der Waals surface area (Å²) in [5, 5.41) is 0. The third-order valence-corrected chi connectivity index (χ3v) is 0.877. The summed E-state index contributed by atoms with van der Waals surface area (Å²) in [4.78, 5) is 0. The third-order valence-electron chi connectivity index (χ3n) is 0.877. The Labute approximate surface area is 50.4 Å². The summed E-state index contributed by atoms with van der Waals surface area (Å²) < 4.78 is 11.3. The molecule has 0 N–H and O–H groups in total. The Hall–Kier alpha value is -0.330. The highest BCUT2D eigenvalue weighted by atomic mass is 19.1. The molecule has 0 aromatic rings. The molecule has 1 radical (unpaired) electrons. The summed E-state index contributed by atoms with van der Waals surface area (Å²) >= 11 is 0. The molecule has 0 aliphatic heterocycles. The monoisotopic (exact) mass is 115 g/mol. The van der Waals surface area contributed by atoms with E-state index in [4.69, 9.17) is 0 Å². The molecule has 0 aromatic carbocycles. The van der Waals surface area contributed by atoms with Crippen LogP contribution in [0.2, 0.25) is 0 Å². The van der Waals surface area contributed by atoms with Crippen LogP contribution in [-0.2, 0) is 0 Å². The van der Waals surface area contributed by atoms with Crippen LogP contribution >= 0.6 is 0 Å². The van der Waals surface area contributed by atoms with Gasteiger partial charge in [0.1, 0.15) is 6.67 Å². The van der Waals surface area contributed by atoms with E-state index in [1.165, 1.54) is 6.08 Å². The molecule has 0 fully saturated rings. The molecule has 0 heterocycles. The zero-order valence-corrected chi connectivity index (χ0v) is 5.07. The van der Waals surface area contributed by atoms with Crippen molar-refractivity contribution in [1.29, 1.82) is 0 Å². The molecule has 0 aliphatic carbocycles. The second-order valence-corrected chi connectivity index (χ2v) is 1.62. The average molecular weight is 115 g/mol. The lowest BCUT2D eigenvalue weighted by molar-refractivity contribution is 0.560. The van der Waals surface area contributed by atoms with Gasteiger partial charge in [-0.05, 0) is 12.8 Å². The van der Waals surface area contributed by atoms with Gasteiger partial charge < -0.3 is 0 Å². The van der Waals surface area contributed by atoms with E-state index >= 15 is 0 Å². The topological polar surface area (TPSA) is 0 Å². The third kappa shape index (κ3) is 5.67. The summed E-state index contributed by atoms with van der Waals surface area (Å²) in [6.45, 7) is 3.32. The molecule has 0 bridgehead atoms. The highest BCUT2D eigenvalue weighted by molar-refractivity contribution is 4.80. The van der Waals surface area contributed by atoms with Crippen molar-refractivity contribution in [2.45, 2.75) is 19.3 Å². The van der Waals surface area contributed by atoms with Gasteiger partial charge in [-0.25, -0.2) is 4.39 Å². The first-order chi connectivity index (χ1) is 3.91. The van der Waals surface area contributed by atoms with Gasteiger partial charge in [0.25, 0.3) is 0 Å². The molecule has 0 nitrogen and oxygen atoms in total. The summed E-state index contributed by atoms with van der Waals surface area (Å²) in [6, 6.07) is 0. The predicted octanol–water partition coefficient (Wildman–Crippen LogP) is 2.52. The molecule has 1 heteroatoms. The fourth-order valence-electron chi connectivity index (χ4n) is 0.443. The highest BCUT2D eigenvalue weighted by Crippen LogP contribution is 1.93. The molecule has 0 atom stereocenters. The van der Waals surface area contributed by atoms with Crippen LogP contribution in [0.5, 0.6) is 0 Å². The predicted molar refractivity (Wildman–Crippen MR) is 34.3 cm³/mol. The van der Waals surface area contributed by atoms with Crippen molar-refractivity contribution < 1.29 is 4.39 Å². The van der Waals surface area contributed by atoms with Crippen molar-refractivity contribution in [2.75, 3.05) is 6.67 Å². The number of hydrogen-bond donors (Lipinski definition) is 0. The average Bonchev–Trinajstić information content (AvgIpc) is 1.81. The van der Waals surface area contributed by atoms with Crippen molar-refractivity contribution in [3.63, 3.8) is 0 Å². The first kappa shape index (κ1) is 7.67. The molecular weight excluding hydrogens is 103 g/mol. The Bertz CT molecular complexity index is 57.4. The zero-order valence-electron chi connectivity index (χ0n) is 5.07. The quantitative estimate of drug-likeness (QED) is 0.390. The Morgan fingerprint density at radius 2 is 2.12 bits per heavy atom. The summed E-state index contributed by atoms with van der Waals surface area (Å²) in [5.41, 5.74) is 0. The van der Waals surface area contributed by atoms with Gasteiger partial charge in [-0.15, -0.1) is 0 Å². The van der Waals surface area contributed by atoms with E-state index < -0.39 is 0 Å². The summed E-state index contributed by atoms with van der Waals surface area (Å²) in [6.07, 6.45) is 6.36. The van der Waals surface area contributed by atoms with Gasteiger partial charge >= 0.3 is 0 Å². The standard InChI is InChI=1S/C7H12F/c1-2-3-4-5-6-7-8/h5-6H,1-4,7H2/b6-5+. The van der Waals surface area contributed by atoms with Gasteiger partial charge in [-0.2, -0.15) is 0 Å². The first-order valence-corrected chi connectivity index (χ1v) is 2.92. The maximum Gasteiger partial charge on any atom is 0.108 e. The smallest absolute Gasteiger partial charge is 0.108 e. The molecule has 0 saturated heterocycles. The highest BCUT2D eigenvalue weighted by Gasteiger charge is 1.75. The lowest BCUT2D eigenvalue weighted by Gasteiger charge is -1.84. The van der Waals surface area contributed by atoms with Crippen molar-refractivity contribution in [1.82, 2.24) is 0 Å². The van der Waals surface area contributed by atoms with E-state index in [-0.39, 0.29) is 6.67 Å². The van der Waals surface area contributed by atoms with Gasteiger partial charge in [-0.1, -0.05) is 25.5 Å². The Kier molecular flexibility index (Phi) is 6.39. The van der Waals surface area contributed by atoms with Crippen LogP contribution < -0.4 is 0 Å². The van der Waals surface area contributed by atoms with Gasteiger partial charge in [-0.3, -0.25) is 0 Å². The molecule has 47 valence electrons. The van der Waals surface area contributed by atoms with Gasteiger partial charge in [0.15, 0.2) is 0 Å². The van der Waals surface area contributed by atoms with E-state index in [9.17, 15) is 4.39 Å². The Morgan fingerprint density at radius 1 is 1.38 bits per heavy atom. The minimum atomic E-state index is -0.336. The second kappa shape index (κ2) is 6.67. The van der Waals surface area contributed by atoms with E-state index in [2.05, 4.69) is 6.92 Å². The first-order valence-electron chi connectivity index (χ1n) is 2.92. The van der Waals surface area contributed by atoms with E-state index in [1.807, 2.05) is 6.08 Å². The molecule has 0 amide bonds. The van der Waals surface area contributed by atoms with Crippen LogP contribution in [0.4, 0.5) is 4.39 Å². The van der Waals surface area contributed by atoms with E-state index in [0.717, 1.165) is 19.3 Å². The number of halogens is 1. The molecule has 0 aliphatic rings. The number of rotatable bonds is 4. The molecule has 0 unspecified atom stereocenters. The van der Waals surface area contributed by atoms with E-state index in [0.29, 0.717) is 0 Å². The lowest BCUT2D eigenvalue weighted by Crippen LogP contribution is -1.67. The zero-order chi connectivity index (χ0) is 6.24. The summed E-state index contributed by atoms with van der Waals surface area (Å²) in [7, 11) is 0. The largest absolute Gasteiger partial charge is 0.247 e.